The topological polar surface area (TPSA) is 274 Å². The van der Waals surface area contributed by atoms with E-state index in [-0.39, 0.29) is 35.1 Å². The quantitative estimate of drug-likeness (QED) is 0.136. The van der Waals surface area contributed by atoms with Gasteiger partial charge in [0.2, 0.25) is 0 Å². The van der Waals surface area contributed by atoms with Crippen molar-refractivity contribution < 1.29 is 86.8 Å². The molecule has 2 heterocycles. The van der Waals surface area contributed by atoms with Gasteiger partial charge in [-0.05, 0) is 61.2 Å². The molecule has 2 saturated carbocycles. The highest BCUT2D eigenvalue weighted by Gasteiger charge is 2.81. The summed E-state index contributed by atoms with van der Waals surface area (Å²) in [5, 5.41) is 41.3. The van der Waals surface area contributed by atoms with E-state index in [1.807, 2.05) is 0 Å². The number of benzene rings is 3. The summed E-state index contributed by atoms with van der Waals surface area (Å²) in [6.45, 7) is 5.17. The molecule has 4 bridgehead atoms. The van der Waals surface area contributed by atoms with Crippen LogP contribution in [0.15, 0.2) is 102 Å². The predicted octanol–water partition coefficient (Wildman–Crippen LogP) is 2.96. The number of ketones is 1. The van der Waals surface area contributed by atoms with Gasteiger partial charge < -0.3 is 53.8 Å². The molecule has 3 aromatic rings. The van der Waals surface area contributed by atoms with Crippen molar-refractivity contribution in [2.45, 2.75) is 120 Å². The van der Waals surface area contributed by atoms with Gasteiger partial charge in [0.15, 0.2) is 36.3 Å². The summed E-state index contributed by atoms with van der Waals surface area (Å²) in [6, 6.07) is 22.3. The fourth-order valence-electron chi connectivity index (χ4n) is 11.1. The van der Waals surface area contributed by atoms with Crippen LogP contribution in [0.3, 0.4) is 0 Å². The maximum atomic E-state index is 16.0. The first kappa shape index (κ1) is 50.6. The molecule has 0 aromatic heterocycles. The summed E-state index contributed by atoms with van der Waals surface area (Å²) >= 11 is 0. The van der Waals surface area contributed by atoms with Gasteiger partial charge >= 0.3 is 35.8 Å². The predicted molar refractivity (Wildman–Crippen MR) is 242 cm³/mol. The molecule has 376 valence electrons. The van der Waals surface area contributed by atoms with Crippen molar-refractivity contribution in [3.05, 3.63) is 119 Å². The van der Waals surface area contributed by atoms with Crippen LogP contribution in [-0.2, 0) is 61.9 Å². The number of carbonyl (C=O) groups excluding carboxylic acids is 8. The second-order valence-corrected chi connectivity index (χ2v) is 19.3. The highest BCUT2D eigenvalue weighted by molar-refractivity contribution is 5.96. The zero-order chi connectivity index (χ0) is 51.2. The second-order valence-electron chi connectivity index (χ2n) is 19.3. The van der Waals surface area contributed by atoms with Gasteiger partial charge in [0, 0.05) is 37.2 Å². The number of hydrogen-bond acceptors (Lipinski definition) is 18. The van der Waals surface area contributed by atoms with Gasteiger partial charge in [0.1, 0.15) is 30.0 Å². The Labute approximate surface area is 407 Å². The van der Waals surface area contributed by atoms with E-state index in [1.54, 1.807) is 66.7 Å². The SMILES string of the molecule is CC(=O)O[C@H]1C(=O)[C@]2(C)[C@H](O)[C@@H]3OC(=O)COC(=O)CCCC(=O)O[C@]4(CO[C@H]34)[C@H]2[C@H](OC(=O)c2ccccc2)[C@]2(O)C[C@H](OC(=O)[C@H](O)[C@@H](NC(=O)c3ccccc3)c3ccccc3)C(C)=C1C2(C)C. The lowest BCUT2D eigenvalue weighted by Crippen LogP contribution is -2.85. The zero-order valence-corrected chi connectivity index (χ0v) is 39.6. The lowest BCUT2D eigenvalue weighted by atomic mass is 9.44. The maximum Gasteiger partial charge on any atom is 0.344 e. The Morgan fingerprint density at radius 1 is 0.803 bits per heavy atom. The average Bonchev–Trinajstić information content (AvgIpc) is 3.34. The summed E-state index contributed by atoms with van der Waals surface area (Å²) in [4.78, 5) is 112. The van der Waals surface area contributed by atoms with Gasteiger partial charge in [-0.2, -0.15) is 0 Å². The molecular formula is C52H55NO18. The van der Waals surface area contributed by atoms with Crippen molar-refractivity contribution in [1.29, 1.82) is 0 Å². The Bertz CT molecular complexity index is 2640. The molecule has 0 spiro atoms. The third-order valence-electron chi connectivity index (χ3n) is 14.8. The molecule has 4 N–H and O–H groups in total. The van der Waals surface area contributed by atoms with E-state index in [0.717, 1.165) is 6.92 Å². The van der Waals surface area contributed by atoms with E-state index in [0.29, 0.717) is 5.56 Å². The molecule has 5 aliphatic rings. The Morgan fingerprint density at radius 3 is 2.01 bits per heavy atom. The highest BCUT2D eigenvalue weighted by Crippen LogP contribution is 2.65. The fraction of sp³-hybridized carbons (Fsp3) is 0.462. The first-order valence-corrected chi connectivity index (χ1v) is 23.2. The molecule has 0 radical (unpaired) electrons. The number of carbonyl (C=O) groups is 8. The van der Waals surface area contributed by atoms with E-state index in [2.05, 4.69) is 5.32 Å². The van der Waals surface area contributed by atoms with Crippen molar-refractivity contribution >= 4 is 47.5 Å². The van der Waals surface area contributed by atoms with E-state index >= 15 is 4.79 Å². The molecule has 2 saturated heterocycles. The molecule has 19 heteroatoms. The van der Waals surface area contributed by atoms with Crippen LogP contribution in [0.4, 0.5) is 0 Å². The number of aliphatic hydroxyl groups excluding tert-OH is 2. The monoisotopic (exact) mass is 981 g/mol. The molecule has 3 aromatic carbocycles. The number of Topliss-reactive ketones (excluding diaryl/α,β-unsaturated/α-hetero) is 1. The minimum atomic E-state index is -2.58. The van der Waals surface area contributed by atoms with E-state index in [4.69, 9.17) is 33.2 Å². The normalized spacial score (nSPS) is 32.2. The summed E-state index contributed by atoms with van der Waals surface area (Å²) in [5.41, 5.74) is -8.67. The Morgan fingerprint density at radius 2 is 1.41 bits per heavy atom. The van der Waals surface area contributed by atoms with E-state index < -0.39 is 150 Å². The number of amides is 1. The van der Waals surface area contributed by atoms with Gasteiger partial charge in [-0.1, -0.05) is 80.6 Å². The van der Waals surface area contributed by atoms with Gasteiger partial charge in [-0.25, -0.2) is 14.4 Å². The number of nitrogens with one attached hydrogen (secondary N) is 1. The number of rotatable bonds is 9. The summed E-state index contributed by atoms with van der Waals surface area (Å²) < 4.78 is 41.6. The van der Waals surface area contributed by atoms with Gasteiger partial charge in [0.25, 0.3) is 5.91 Å². The van der Waals surface area contributed by atoms with E-state index in [9.17, 15) is 48.9 Å². The molecular weight excluding hydrogens is 927 g/mol. The molecule has 1 amide bonds. The molecule has 71 heavy (non-hydrogen) atoms. The van der Waals surface area contributed by atoms with Crippen LogP contribution in [0.25, 0.3) is 0 Å². The van der Waals surface area contributed by atoms with Crippen LogP contribution in [0.2, 0.25) is 0 Å². The third-order valence-corrected chi connectivity index (χ3v) is 14.8. The molecule has 3 aliphatic carbocycles. The number of ether oxygens (including phenoxy) is 7. The molecule has 12 atom stereocenters. The number of esters is 6. The Balaban J connectivity index is 1.31. The maximum absolute atomic E-state index is 16.0. The zero-order valence-electron chi connectivity index (χ0n) is 39.6. The van der Waals surface area contributed by atoms with Crippen LogP contribution in [0.5, 0.6) is 0 Å². The fourth-order valence-corrected chi connectivity index (χ4v) is 11.1. The minimum absolute atomic E-state index is 0.0289. The largest absolute Gasteiger partial charge is 0.456 e. The van der Waals surface area contributed by atoms with Crippen LogP contribution < -0.4 is 5.32 Å². The molecule has 4 fully saturated rings. The first-order valence-electron chi connectivity index (χ1n) is 23.2. The van der Waals surface area contributed by atoms with Crippen molar-refractivity contribution in [3.8, 4) is 0 Å². The molecule has 2 aliphatic heterocycles. The summed E-state index contributed by atoms with van der Waals surface area (Å²) in [5.74, 6) is -9.90. The number of hydrogen-bond donors (Lipinski definition) is 4. The summed E-state index contributed by atoms with van der Waals surface area (Å²) in [7, 11) is 0. The first-order chi connectivity index (χ1) is 33.6. The van der Waals surface area contributed by atoms with Crippen molar-refractivity contribution in [3.63, 3.8) is 0 Å². The van der Waals surface area contributed by atoms with Crippen molar-refractivity contribution in [2.75, 3.05) is 13.2 Å². The number of aliphatic hydroxyl groups is 3. The molecule has 19 nitrogen and oxygen atoms in total. The highest BCUT2D eigenvalue weighted by atomic mass is 16.7. The molecule has 0 unspecified atom stereocenters. The minimum Gasteiger partial charge on any atom is -0.456 e. The van der Waals surface area contributed by atoms with Crippen LogP contribution >= 0.6 is 0 Å². The van der Waals surface area contributed by atoms with Gasteiger partial charge in [-0.3, -0.25) is 24.0 Å². The Hall–Kier alpha value is -6.80. The average molecular weight is 982 g/mol. The van der Waals surface area contributed by atoms with Gasteiger partial charge in [-0.15, -0.1) is 0 Å². The summed E-state index contributed by atoms with van der Waals surface area (Å²) in [6.07, 6.45) is -15.0. The second kappa shape index (κ2) is 19.4. The number of fused-ring (bicyclic) bond motifs is 3. The van der Waals surface area contributed by atoms with Gasteiger partial charge in [0.05, 0.1) is 29.5 Å². The number of cyclic esters (lactones) is 1. The lowest BCUT2D eigenvalue weighted by molar-refractivity contribution is -0.370. The lowest BCUT2D eigenvalue weighted by Gasteiger charge is -2.68. The van der Waals surface area contributed by atoms with Crippen molar-refractivity contribution in [1.82, 2.24) is 5.32 Å². The standard InChI is InChI=1S/C52H55NO18/c1-27-32(68-48(63)38(58)37(29-16-9-6-10-17-29)53-46(61)30-18-11-7-12-19-30)24-52(64)45(70-47(62)31-20-13-8-14-21-31)41-50(5,42(59)39(67-28(2)54)36(27)49(52,3)4)43(60)40-44-51(41,26-66-44)71-34(56)23-15-22-33(55)65-25-35(57)69-40/h6-14,16-21,32,37-41,43-45,58,60,64H,15,22-26H2,1-5H3,(H,53,61)/t32-,37-,38+,39+,40-,41-,43+,44+,45-,50+,51+,52+/m0/s1. The van der Waals surface area contributed by atoms with Crippen LogP contribution in [-0.4, -0.2) is 130 Å². The van der Waals surface area contributed by atoms with Crippen LogP contribution in [0, 0.1) is 16.7 Å². The Kier molecular flexibility index (Phi) is 13.8. The van der Waals surface area contributed by atoms with E-state index in [1.165, 1.54) is 52.0 Å². The van der Waals surface area contributed by atoms with Crippen molar-refractivity contribution in [2.24, 2.45) is 16.7 Å². The smallest absolute Gasteiger partial charge is 0.344 e. The van der Waals surface area contributed by atoms with Crippen LogP contribution in [0.1, 0.15) is 92.6 Å². The third kappa shape index (κ3) is 8.89. The molecule has 8 rings (SSSR count).